The first-order valence-electron chi connectivity index (χ1n) is 8.51. The van der Waals surface area contributed by atoms with Crippen LogP contribution in [0.5, 0.6) is 5.75 Å². The molecule has 122 valence electrons. The molecule has 0 spiro atoms. The van der Waals surface area contributed by atoms with Crippen LogP contribution in [-0.4, -0.2) is 23.1 Å². The average molecular weight is 327 g/mol. The Labute approximate surface area is 141 Å². The Morgan fingerprint density at radius 1 is 1.04 bits per heavy atom. The zero-order chi connectivity index (χ0) is 16.2. The van der Waals surface area contributed by atoms with Gasteiger partial charge < -0.3 is 5.11 Å². The molecule has 1 aliphatic rings. The zero-order valence-corrected chi connectivity index (χ0v) is 15.1. The quantitative estimate of drug-likeness (QED) is 0.867. The monoisotopic (exact) mass is 327 g/mol. The second-order valence-corrected chi connectivity index (χ2v) is 7.88. The van der Waals surface area contributed by atoms with Gasteiger partial charge in [0.05, 0.1) is 0 Å². The van der Waals surface area contributed by atoms with Gasteiger partial charge in [0, 0.05) is 11.8 Å². The molecule has 1 heterocycles. The Kier molecular flexibility index (Phi) is 5.35. The molecule has 1 aliphatic heterocycles. The summed E-state index contributed by atoms with van der Waals surface area (Å²) in [7, 11) is 0.514. The van der Waals surface area contributed by atoms with Gasteiger partial charge in [-0.05, 0) is 68.3 Å². The molecule has 23 heavy (non-hydrogen) atoms. The lowest BCUT2D eigenvalue weighted by atomic mass is 10.1. The lowest BCUT2D eigenvalue weighted by Crippen LogP contribution is -2.31. The highest BCUT2D eigenvalue weighted by atomic mass is 31.1. The smallest absolute Gasteiger partial charge is 0.123 e. The molecule has 1 N–H and O–H groups in total. The van der Waals surface area contributed by atoms with Crippen molar-refractivity contribution in [2.24, 2.45) is 0 Å². The highest BCUT2D eigenvalue weighted by molar-refractivity contribution is 7.56. The molecule has 0 aliphatic carbocycles. The summed E-state index contributed by atoms with van der Waals surface area (Å²) in [6, 6.07) is 12.5. The van der Waals surface area contributed by atoms with E-state index in [1.807, 2.05) is 12.1 Å². The second-order valence-electron chi connectivity index (χ2n) is 6.59. The number of phenols is 1. The van der Waals surface area contributed by atoms with E-state index in [0.29, 0.717) is 14.3 Å². The molecule has 1 saturated heterocycles. The fourth-order valence-electron chi connectivity index (χ4n) is 3.28. The minimum absolute atomic E-state index is 0.418. The van der Waals surface area contributed by atoms with Gasteiger partial charge in [-0.2, -0.15) is 0 Å². The molecule has 1 fully saturated rings. The fourth-order valence-corrected chi connectivity index (χ4v) is 4.67. The Bertz CT molecular complexity index is 677. The van der Waals surface area contributed by atoms with Gasteiger partial charge in [-0.3, -0.25) is 4.90 Å². The summed E-state index contributed by atoms with van der Waals surface area (Å²) >= 11 is 0. The minimum atomic E-state index is 0.418. The number of hydrogen-bond donors (Lipinski definition) is 1. The molecule has 3 heteroatoms. The molecule has 2 nitrogen and oxygen atoms in total. The van der Waals surface area contributed by atoms with Crippen molar-refractivity contribution in [1.29, 1.82) is 0 Å². The standard InChI is InChI=1S/C20H26NOP/c1-15-9-10-18(22)19(13-15)23-20-16(2)7-6-8-17(20)14-21-11-4-3-5-12-21/h6-10,13,22-23H,3-5,11-12,14H2,1-2H3. The molecule has 0 bridgehead atoms. The van der Waals surface area contributed by atoms with Gasteiger partial charge >= 0.3 is 0 Å². The SMILES string of the molecule is Cc1ccc(O)c(Pc2c(C)cccc2CN2CCCCC2)c1. The molecule has 0 aromatic heterocycles. The molecule has 2 aromatic carbocycles. The second kappa shape index (κ2) is 7.47. The van der Waals surface area contributed by atoms with Crippen LogP contribution in [0, 0.1) is 13.8 Å². The van der Waals surface area contributed by atoms with Crippen molar-refractivity contribution in [3.63, 3.8) is 0 Å². The Morgan fingerprint density at radius 2 is 1.83 bits per heavy atom. The van der Waals surface area contributed by atoms with E-state index in [4.69, 9.17) is 0 Å². The van der Waals surface area contributed by atoms with Crippen LogP contribution in [0.25, 0.3) is 0 Å². The third-order valence-corrected chi connectivity index (χ3v) is 6.25. The predicted molar refractivity (Wildman–Crippen MR) is 101 cm³/mol. The molecule has 1 unspecified atom stereocenters. The van der Waals surface area contributed by atoms with E-state index >= 15 is 0 Å². The third kappa shape index (κ3) is 4.13. The first kappa shape index (κ1) is 16.5. The maximum Gasteiger partial charge on any atom is 0.123 e. The van der Waals surface area contributed by atoms with Crippen LogP contribution in [0.15, 0.2) is 36.4 Å². The summed E-state index contributed by atoms with van der Waals surface area (Å²) in [5, 5.41) is 12.7. The zero-order valence-electron chi connectivity index (χ0n) is 14.1. The van der Waals surface area contributed by atoms with Gasteiger partial charge in [0.1, 0.15) is 5.75 Å². The maximum absolute atomic E-state index is 10.2. The van der Waals surface area contributed by atoms with Crippen molar-refractivity contribution in [2.75, 3.05) is 13.1 Å². The molecular formula is C20H26NOP. The van der Waals surface area contributed by atoms with Crippen molar-refractivity contribution in [2.45, 2.75) is 39.7 Å². The summed E-state index contributed by atoms with van der Waals surface area (Å²) in [4.78, 5) is 2.57. The van der Waals surface area contributed by atoms with Gasteiger partial charge in [-0.1, -0.05) is 44.8 Å². The predicted octanol–water partition coefficient (Wildman–Crippen LogP) is 3.62. The van der Waals surface area contributed by atoms with E-state index < -0.39 is 0 Å². The average Bonchev–Trinajstić information content (AvgIpc) is 2.55. The summed E-state index contributed by atoms with van der Waals surface area (Å²) in [5.74, 6) is 0.418. The van der Waals surface area contributed by atoms with Crippen LogP contribution >= 0.6 is 8.58 Å². The largest absolute Gasteiger partial charge is 0.507 e. The number of benzene rings is 2. The maximum atomic E-state index is 10.2. The van der Waals surface area contributed by atoms with E-state index in [1.54, 1.807) is 0 Å². The van der Waals surface area contributed by atoms with Crippen molar-refractivity contribution in [1.82, 2.24) is 4.90 Å². The van der Waals surface area contributed by atoms with Crippen LogP contribution in [0.2, 0.25) is 0 Å². The van der Waals surface area contributed by atoms with Crippen LogP contribution in [0.4, 0.5) is 0 Å². The van der Waals surface area contributed by atoms with Gasteiger partial charge in [-0.15, -0.1) is 0 Å². The molecule has 2 aromatic rings. The number of hydrogen-bond acceptors (Lipinski definition) is 2. The minimum Gasteiger partial charge on any atom is -0.507 e. The van der Waals surface area contributed by atoms with Gasteiger partial charge in [0.25, 0.3) is 0 Å². The lowest BCUT2D eigenvalue weighted by molar-refractivity contribution is 0.221. The molecule has 0 saturated carbocycles. The fraction of sp³-hybridized carbons (Fsp3) is 0.400. The number of piperidine rings is 1. The first-order valence-corrected chi connectivity index (χ1v) is 9.51. The van der Waals surface area contributed by atoms with Crippen LogP contribution in [-0.2, 0) is 6.54 Å². The van der Waals surface area contributed by atoms with Crippen molar-refractivity contribution in [3.05, 3.63) is 53.1 Å². The lowest BCUT2D eigenvalue weighted by Gasteiger charge is -2.27. The Morgan fingerprint density at radius 3 is 2.61 bits per heavy atom. The molecule has 0 radical (unpaired) electrons. The summed E-state index contributed by atoms with van der Waals surface area (Å²) in [5.41, 5.74) is 3.96. The van der Waals surface area contributed by atoms with E-state index in [9.17, 15) is 5.11 Å². The van der Waals surface area contributed by atoms with Gasteiger partial charge in [0.2, 0.25) is 0 Å². The molecule has 1 atom stereocenters. The number of aryl methyl sites for hydroxylation is 2. The van der Waals surface area contributed by atoms with Crippen molar-refractivity contribution < 1.29 is 5.11 Å². The Hall–Kier alpha value is -1.37. The third-order valence-electron chi connectivity index (χ3n) is 4.61. The Balaban J connectivity index is 1.87. The van der Waals surface area contributed by atoms with Crippen molar-refractivity contribution >= 4 is 19.2 Å². The molecular weight excluding hydrogens is 301 g/mol. The topological polar surface area (TPSA) is 23.5 Å². The van der Waals surface area contributed by atoms with E-state index in [1.165, 1.54) is 54.3 Å². The van der Waals surface area contributed by atoms with Crippen LogP contribution in [0.3, 0.4) is 0 Å². The van der Waals surface area contributed by atoms with E-state index in [-0.39, 0.29) is 0 Å². The number of rotatable bonds is 4. The highest BCUT2D eigenvalue weighted by Gasteiger charge is 2.15. The van der Waals surface area contributed by atoms with Crippen LogP contribution < -0.4 is 10.6 Å². The van der Waals surface area contributed by atoms with Crippen molar-refractivity contribution in [3.8, 4) is 5.75 Å². The molecule has 0 amide bonds. The normalized spacial score (nSPS) is 16.3. The first-order chi connectivity index (χ1) is 11.1. The number of nitrogens with zero attached hydrogens (tertiary/aromatic N) is 1. The van der Waals surface area contributed by atoms with Gasteiger partial charge in [0.15, 0.2) is 0 Å². The number of likely N-dealkylation sites (tertiary alicyclic amines) is 1. The summed E-state index contributed by atoms with van der Waals surface area (Å²) < 4.78 is 0. The van der Waals surface area contributed by atoms with Gasteiger partial charge in [-0.25, -0.2) is 0 Å². The highest BCUT2D eigenvalue weighted by Crippen LogP contribution is 2.24. The number of aromatic hydroxyl groups is 1. The summed E-state index contributed by atoms with van der Waals surface area (Å²) in [6.45, 7) is 7.74. The molecule has 3 rings (SSSR count). The number of phenolic OH excluding ortho intramolecular Hbond substituents is 1. The van der Waals surface area contributed by atoms with Crippen LogP contribution in [0.1, 0.15) is 36.0 Å². The summed E-state index contributed by atoms with van der Waals surface area (Å²) in [6.07, 6.45) is 4.01. The van der Waals surface area contributed by atoms with E-state index in [2.05, 4.69) is 43.0 Å². The van der Waals surface area contributed by atoms with E-state index in [0.717, 1.165) is 11.8 Å².